The zero-order valence-corrected chi connectivity index (χ0v) is 42.9. The third kappa shape index (κ3) is 8.57. The molecule has 5 heteroatoms. The predicted molar refractivity (Wildman–Crippen MR) is 299 cm³/mol. The predicted octanol–water partition coefficient (Wildman–Crippen LogP) is 17.3. The van der Waals surface area contributed by atoms with Crippen LogP contribution in [0.1, 0.15) is 84.9 Å². The number of hydrogen-bond donors (Lipinski definition) is 0. The fourth-order valence-corrected chi connectivity index (χ4v) is 10.2. The van der Waals surface area contributed by atoms with Crippen LogP contribution in [-0.2, 0) is 10.8 Å². The van der Waals surface area contributed by atoms with Gasteiger partial charge in [0.2, 0.25) is 0 Å². The molecule has 3 heterocycles. The largest absolute Gasteiger partial charge is 0.458 e. The lowest BCUT2D eigenvalue weighted by Gasteiger charge is -2.23. The first-order valence-corrected chi connectivity index (χ1v) is 25.4. The van der Waals surface area contributed by atoms with Crippen LogP contribution in [0.5, 0.6) is 11.5 Å². The second-order valence-corrected chi connectivity index (χ2v) is 21.8. The number of hydrogen-bond acceptors (Lipinski definition) is 2. The zero-order valence-electron chi connectivity index (χ0n) is 42.9. The number of nitrogens with zero attached hydrogens (tertiary/aromatic N) is 4. The number of aromatic nitrogens is 4. The van der Waals surface area contributed by atoms with Crippen molar-refractivity contribution in [1.29, 1.82) is 0 Å². The SMILES string of the molecule is CC(C)C(C)c1cc(-n2c3ccc(C(C)(C)C)cc3c3ccc(Oc4cccc(-n5[c-][n+](-c6c(-c7ccccc7)cccc6-c6ccccc6)c6ccccc65)c4)cc32)ncc1-c1ccc(C(C)(C)C)cc1. The molecule has 1 unspecified atom stereocenters. The van der Waals surface area contributed by atoms with Gasteiger partial charge in [-0.05, 0) is 116 Å². The van der Waals surface area contributed by atoms with E-state index in [1.165, 1.54) is 33.2 Å². The highest BCUT2D eigenvalue weighted by atomic mass is 16.5. The lowest BCUT2D eigenvalue weighted by Crippen LogP contribution is -2.31. The first-order valence-electron chi connectivity index (χ1n) is 25.4. The van der Waals surface area contributed by atoms with Gasteiger partial charge >= 0.3 is 0 Å². The van der Waals surface area contributed by atoms with Crippen molar-refractivity contribution in [1.82, 2.24) is 14.1 Å². The summed E-state index contributed by atoms with van der Waals surface area (Å²) in [6.07, 6.45) is 5.92. The molecule has 0 radical (unpaired) electrons. The maximum Gasteiger partial charge on any atom is 0.269 e. The fraction of sp³-hybridized carbons (Fsp3) is 0.194. The van der Waals surface area contributed by atoms with Crippen LogP contribution in [0.25, 0.3) is 83.4 Å². The fourth-order valence-electron chi connectivity index (χ4n) is 10.2. The van der Waals surface area contributed by atoms with Crippen LogP contribution in [0.3, 0.4) is 0 Å². The molecule has 1 atom stereocenters. The molecule has 0 N–H and O–H groups in total. The van der Waals surface area contributed by atoms with Gasteiger partial charge in [-0.15, -0.1) is 0 Å². The van der Waals surface area contributed by atoms with Crippen LogP contribution in [0.4, 0.5) is 0 Å². The van der Waals surface area contributed by atoms with E-state index in [1.54, 1.807) is 0 Å². The van der Waals surface area contributed by atoms with Crippen molar-refractivity contribution in [3.05, 3.63) is 223 Å². The Morgan fingerprint density at radius 2 is 1.11 bits per heavy atom. The lowest BCUT2D eigenvalue weighted by atomic mass is 9.84. The molecule has 8 aromatic carbocycles. The molecular weight excluding hydrogens is 877 g/mol. The number of benzene rings is 8. The first kappa shape index (κ1) is 46.4. The van der Waals surface area contributed by atoms with E-state index in [2.05, 4.69) is 277 Å². The van der Waals surface area contributed by atoms with Crippen molar-refractivity contribution < 1.29 is 9.30 Å². The summed E-state index contributed by atoms with van der Waals surface area (Å²) in [6, 6.07) is 69.5. The van der Waals surface area contributed by atoms with Crippen LogP contribution in [-0.4, -0.2) is 14.1 Å². The van der Waals surface area contributed by atoms with Gasteiger partial charge in [0, 0.05) is 28.6 Å². The molecule has 72 heavy (non-hydrogen) atoms. The number of fused-ring (bicyclic) bond motifs is 4. The quantitative estimate of drug-likeness (QED) is 0.101. The maximum atomic E-state index is 6.91. The Bertz CT molecular complexity index is 3710. The highest BCUT2D eigenvalue weighted by Gasteiger charge is 2.24. The average Bonchev–Trinajstić information content (AvgIpc) is 3.94. The van der Waals surface area contributed by atoms with Crippen molar-refractivity contribution in [2.45, 2.75) is 79.1 Å². The topological polar surface area (TPSA) is 35.9 Å². The Morgan fingerprint density at radius 1 is 0.500 bits per heavy atom. The third-order valence-corrected chi connectivity index (χ3v) is 14.6. The number of pyridine rings is 1. The minimum Gasteiger partial charge on any atom is -0.458 e. The van der Waals surface area contributed by atoms with Gasteiger partial charge in [0.25, 0.3) is 6.33 Å². The molecule has 0 fully saturated rings. The smallest absolute Gasteiger partial charge is 0.269 e. The molecule has 3 aromatic heterocycles. The van der Waals surface area contributed by atoms with Gasteiger partial charge in [0.05, 0.1) is 33.4 Å². The summed E-state index contributed by atoms with van der Waals surface area (Å²) < 4.78 is 13.6. The molecule has 0 aliphatic heterocycles. The molecule has 0 amide bonds. The standard InChI is InChI=1S/C67H62N4O/c1-44(2)45(3)57-41-64(68-42-59(57)48-30-32-49(33-31-48)66(4,5)6)71-60-37-34-50(67(7,8)9)38-58(60)56-36-35-53(40-63(56)71)72-52-25-18-24-51(39-52)69-43-70(62-29-17-16-28-61(62)69)65-54(46-20-12-10-13-21-46)26-19-27-55(65)47-22-14-11-15-23-47/h10-42,44-45H,1-9H3. The molecule has 0 aliphatic rings. The Balaban J connectivity index is 1.02. The summed E-state index contributed by atoms with van der Waals surface area (Å²) in [7, 11) is 0. The van der Waals surface area contributed by atoms with E-state index in [0.29, 0.717) is 11.8 Å². The number of para-hydroxylation sites is 3. The van der Waals surface area contributed by atoms with Crippen LogP contribution < -0.4 is 9.30 Å². The van der Waals surface area contributed by atoms with Gasteiger partial charge in [0.15, 0.2) is 0 Å². The number of rotatable bonds is 10. The Kier molecular flexibility index (Phi) is 11.8. The van der Waals surface area contributed by atoms with Gasteiger partial charge < -0.3 is 4.74 Å². The van der Waals surface area contributed by atoms with E-state index in [-0.39, 0.29) is 10.8 Å². The summed E-state index contributed by atoms with van der Waals surface area (Å²) in [5.41, 5.74) is 17.1. The molecule has 5 nitrogen and oxygen atoms in total. The third-order valence-electron chi connectivity index (χ3n) is 14.6. The van der Waals surface area contributed by atoms with E-state index in [0.717, 1.165) is 78.4 Å². The highest BCUT2D eigenvalue weighted by molar-refractivity contribution is 6.10. The summed E-state index contributed by atoms with van der Waals surface area (Å²) in [5.74, 6) is 3.09. The molecule has 0 aliphatic carbocycles. The Morgan fingerprint density at radius 3 is 1.78 bits per heavy atom. The number of ether oxygens (including phenoxy) is 1. The monoisotopic (exact) mass is 938 g/mol. The highest BCUT2D eigenvalue weighted by Crippen LogP contribution is 2.41. The van der Waals surface area contributed by atoms with Crippen LogP contribution >= 0.6 is 0 Å². The van der Waals surface area contributed by atoms with Crippen LogP contribution in [0.15, 0.2) is 200 Å². The van der Waals surface area contributed by atoms with Gasteiger partial charge in [-0.2, -0.15) is 0 Å². The second kappa shape index (κ2) is 18.3. The van der Waals surface area contributed by atoms with E-state index in [9.17, 15) is 0 Å². The van der Waals surface area contributed by atoms with E-state index in [4.69, 9.17) is 9.72 Å². The molecule has 0 saturated carbocycles. The lowest BCUT2D eigenvalue weighted by molar-refractivity contribution is -0.571. The molecule has 11 rings (SSSR count). The minimum atomic E-state index is -0.0177. The van der Waals surface area contributed by atoms with Gasteiger partial charge in [-0.3, -0.25) is 13.7 Å². The summed E-state index contributed by atoms with van der Waals surface area (Å²) >= 11 is 0. The first-order chi connectivity index (χ1) is 34.7. The number of imidazole rings is 1. The van der Waals surface area contributed by atoms with Crippen LogP contribution in [0, 0.1) is 12.2 Å². The molecule has 0 bridgehead atoms. The average molecular weight is 939 g/mol. The van der Waals surface area contributed by atoms with E-state index >= 15 is 0 Å². The molecule has 11 aromatic rings. The maximum absolute atomic E-state index is 6.91. The summed E-state index contributed by atoms with van der Waals surface area (Å²) in [4.78, 5) is 5.31. The van der Waals surface area contributed by atoms with Crippen molar-refractivity contribution >= 4 is 32.8 Å². The minimum absolute atomic E-state index is 0.0177. The Hall–Kier alpha value is -8.02. The van der Waals surface area contributed by atoms with Gasteiger partial charge in [0.1, 0.15) is 17.3 Å². The van der Waals surface area contributed by atoms with Crippen molar-refractivity contribution in [3.63, 3.8) is 0 Å². The van der Waals surface area contributed by atoms with Gasteiger partial charge in [-0.25, -0.2) is 4.98 Å². The normalized spacial score (nSPS) is 12.6. The van der Waals surface area contributed by atoms with Crippen molar-refractivity contribution in [2.24, 2.45) is 5.92 Å². The summed E-state index contributed by atoms with van der Waals surface area (Å²) in [5, 5.41) is 2.35. The molecule has 356 valence electrons. The second-order valence-electron chi connectivity index (χ2n) is 21.8. The summed E-state index contributed by atoms with van der Waals surface area (Å²) in [6.45, 7) is 20.6. The van der Waals surface area contributed by atoms with Gasteiger partial charge in [-0.1, -0.05) is 202 Å². The molecule has 0 spiro atoms. The zero-order chi connectivity index (χ0) is 49.9. The molecular formula is C67H62N4O. The molecule has 0 saturated heterocycles. The van der Waals surface area contributed by atoms with E-state index < -0.39 is 0 Å². The van der Waals surface area contributed by atoms with Crippen LogP contribution in [0.2, 0.25) is 0 Å². The van der Waals surface area contributed by atoms with Crippen molar-refractivity contribution in [3.8, 4) is 62.1 Å². The van der Waals surface area contributed by atoms with E-state index in [1.807, 2.05) is 6.07 Å². The van der Waals surface area contributed by atoms with Crippen molar-refractivity contribution in [2.75, 3.05) is 0 Å². The Labute approximate surface area is 424 Å².